The molecule has 1 N–H and O–H groups in total. The number of hydrogen-bond acceptors (Lipinski definition) is 1. The summed E-state index contributed by atoms with van der Waals surface area (Å²) >= 11 is 0. The number of benzene rings is 2. The van der Waals surface area contributed by atoms with Gasteiger partial charge in [0, 0.05) is 6.61 Å². The summed E-state index contributed by atoms with van der Waals surface area (Å²) in [5.41, 5.74) is 4.06. The van der Waals surface area contributed by atoms with Crippen molar-refractivity contribution in [3.63, 3.8) is 0 Å². The van der Waals surface area contributed by atoms with Crippen molar-refractivity contribution in [1.29, 1.82) is 0 Å². The van der Waals surface area contributed by atoms with Gasteiger partial charge in [-0.25, -0.2) is 0 Å². The first kappa shape index (κ1) is 18.4. The van der Waals surface area contributed by atoms with Crippen LogP contribution >= 0.6 is 0 Å². The van der Waals surface area contributed by atoms with Crippen LogP contribution in [-0.2, 0) is 0 Å². The lowest BCUT2D eigenvalue weighted by molar-refractivity contribution is 0.287. The largest absolute Gasteiger partial charge is 0.396 e. The Bertz CT molecular complexity index is 412. The first-order valence-corrected chi connectivity index (χ1v) is 7.26. The molecule has 0 aliphatic carbocycles. The highest BCUT2D eigenvalue weighted by atomic mass is 16.2. The number of aliphatic hydroxyl groups excluding tert-OH is 1. The SMILES string of the molecule is CCCCO.Cc1ccccc1.Cc1ccccc1C. The zero-order chi connectivity index (χ0) is 15.2. The summed E-state index contributed by atoms with van der Waals surface area (Å²) in [4.78, 5) is 0. The topological polar surface area (TPSA) is 20.2 Å². The Morgan fingerprint density at radius 3 is 1.40 bits per heavy atom. The van der Waals surface area contributed by atoms with Crippen molar-refractivity contribution in [3.05, 3.63) is 71.3 Å². The van der Waals surface area contributed by atoms with E-state index in [2.05, 4.69) is 64.1 Å². The van der Waals surface area contributed by atoms with Crippen molar-refractivity contribution in [3.8, 4) is 0 Å². The van der Waals surface area contributed by atoms with Gasteiger partial charge in [0.05, 0.1) is 0 Å². The first-order chi connectivity index (χ1) is 9.61. The number of unbranched alkanes of at least 4 members (excludes halogenated alkanes) is 1. The van der Waals surface area contributed by atoms with Gasteiger partial charge in [0.15, 0.2) is 0 Å². The van der Waals surface area contributed by atoms with Crippen molar-refractivity contribution >= 4 is 0 Å². The summed E-state index contributed by atoms with van der Waals surface area (Å²) < 4.78 is 0. The molecule has 2 aromatic carbocycles. The van der Waals surface area contributed by atoms with E-state index in [4.69, 9.17) is 5.11 Å². The second-order valence-electron chi connectivity index (χ2n) is 4.82. The Hall–Kier alpha value is -1.60. The molecule has 0 spiro atoms. The second-order valence-corrected chi connectivity index (χ2v) is 4.82. The van der Waals surface area contributed by atoms with Crippen molar-refractivity contribution in [2.24, 2.45) is 0 Å². The molecule has 0 atom stereocenters. The number of aryl methyl sites for hydroxylation is 3. The summed E-state index contributed by atoms with van der Waals surface area (Å²) in [6.45, 7) is 8.72. The van der Waals surface area contributed by atoms with Crippen LogP contribution in [0.3, 0.4) is 0 Å². The average molecular weight is 272 g/mol. The number of aliphatic hydroxyl groups is 1. The predicted molar refractivity (Wildman–Crippen MR) is 89.1 cm³/mol. The Balaban J connectivity index is 0.000000280. The van der Waals surface area contributed by atoms with E-state index in [0.717, 1.165) is 12.8 Å². The fraction of sp³-hybridized carbons (Fsp3) is 0.368. The van der Waals surface area contributed by atoms with E-state index in [1.54, 1.807) is 0 Å². The fourth-order valence-electron chi connectivity index (χ4n) is 1.36. The third-order valence-corrected chi connectivity index (χ3v) is 2.88. The summed E-state index contributed by atoms with van der Waals surface area (Å²) in [6.07, 6.45) is 2.04. The van der Waals surface area contributed by atoms with E-state index < -0.39 is 0 Å². The van der Waals surface area contributed by atoms with Gasteiger partial charge in [0.25, 0.3) is 0 Å². The molecule has 0 radical (unpaired) electrons. The number of hydrogen-bond donors (Lipinski definition) is 1. The molecule has 0 saturated heterocycles. The Kier molecular flexibility index (Phi) is 11.4. The molecule has 1 heteroatoms. The standard InChI is InChI=1S/C8H10.C7H8.C4H10O/c1-7-5-3-4-6-8(7)2;1-7-5-3-2-4-6-7;1-2-3-4-5/h3-6H,1-2H3;2-6H,1H3;5H,2-4H2,1H3. The molecule has 2 aromatic rings. The molecular weight excluding hydrogens is 244 g/mol. The van der Waals surface area contributed by atoms with Crippen molar-refractivity contribution in [1.82, 2.24) is 0 Å². The van der Waals surface area contributed by atoms with Crippen LogP contribution in [0.1, 0.15) is 36.5 Å². The molecule has 1 nitrogen and oxygen atoms in total. The molecule has 0 bridgehead atoms. The monoisotopic (exact) mass is 272 g/mol. The molecule has 0 unspecified atom stereocenters. The van der Waals surface area contributed by atoms with E-state index in [-0.39, 0.29) is 0 Å². The summed E-state index contributed by atoms with van der Waals surface area (Å²) in [6, 6.07) is 18.6. The van der Waals surface area contributed by atoms with E-state index in [1.165, 1.54) is 16.7 Å². The van der Waals surface area contributed by atoms with Gasteiger partial charge in [-0.2, -0.15) is 0 Å². The van der Waals surface area contributed by atoms with Gasteiger partial charge in [0.2, 0.25) is 0 Å². The van der Waals surface area contributed by atoms with Gasteiger partial charge in [-0.05, 0) is 38.3 Å². The molecule has 0 fully saturated rings. The Morgan fingerprint density at radius 1 is 0.750 bits per heavy atom. The van der Waals surface area contributed by atoms with Crippen LogP contribution < -0.4 is 0 Å². The minimum Gasteiger partial charge on any atom is -0.396 e. The van der Waals surface area contributed by atoms with E-state index >= 15 is 0 Å². The molecule has 0 saturated carbocycles. The van der Waals surface area contributed by atoms with Crippen molar-refractivity contribution < 1.29 is 5.11 Å². The van der Waals surface area contributed by atoms with E-state index in [1.807, 2.05) is 18.2 Å². The number of rotatable bonds is 2. The zero-order valence-corrected chi connectivity index (χ0v) is 13.3. The molecule has 0 aromatic heterocycles. The lowest BCUT2D eigenvalue weighted by Gasteiger charge is -1.93. The first-order valence-electron chi connectivity index (χ1n) is 7.26. The zero-order valence-electron chi connectivity index (χ0n) is 13.3. The van der Waals surface area contributed by atoms with Crippen molar-refractivity contribution in [2.45, 2.75) is 40.5 Å². The van der Waals surface area contributed by atoms with Gasteiger partial charge in [-0.15, -0.1) is 0 Å². The average Bonchev–Trinajstić information content (AvgIpc) is 2.45. The minimum atomic E-state index is 0.344. The summed E-state index contributed by atoms with van der Waals surface area (Å²) in [7, 11) is 0. The van der Waals surface area contributed by atoms with Gasteiger partial charge in [-0.1, -0.05) is 73.5 Å². The van der Waals surface area contributed by atoms with Crippen LogP contribution in [-0.4, -0.2) is 11.7 Å². The van der Waals surface area contributed by atoms with Crippen LogP contribution in [0.15, 0.2) is 54.6 Å². The Labute approximate surface area is 124 Å². The van der Waals surface area contributed by atoms with E-state index in [0.29, 0.717) is 6.61 Å². The lowest BCUT2D eigenvalue weighted by atomic mass is 10.1. The molecule has 0 aliphatic heterocycles. The van der Waals surface area contributed by atoms with Crippen LogP contribution in [0.25, 0.3) is 0 Å². The quantitative estimate of drug-likeness (QED) is 0.808. The maximum Gasteiger partial charge on any atom is 0.0430 e. The normalized spacial score (nSPS) is 8.85. The van der Waals surface area contributed by atoms with Crippen LogP contribution in [0.5, 0.6) is 0 Å². The lowest BCUT2D eigenvalue weighted by Crippen LogP contribution is -1.75. The summed E-state index contributed by atoms with van der Waals surface area (Å²) in [5.74, 6) is 0. The van der Waals surface area contributed by atoms with Gasteiger partial charge >= 0.3 is 0 Å². The van der Waals surface area contributed by atoms with Gasteiger partial charge in [-0.3, -0.25) is 0 Å². The van der Waals surface area contributed by atoms with Gasteiger partial charge < -0.3 is 5.11 Å². The molecule has 0 amide bonds. The summed E-state index contributed by atoms with van der Waals surface area (Å²) in [5, 5.41) is 8.07. The highest BCUT2D eigenvalue weighted by molar-refractivity contribution is 5.23. The molecule has 0 aliphatic rings. The molecule has 20 heavy (non-hydrogen) atoms. The molecule has 2 rings (SSSR count). The van der Waals surface area contributed by atoms with Gasteiger partial charge in [0.1, 0.15) is 0 Å². The smallest absolute Gasteiger partial charge is 0.0430 e. The van der Waals surface area contributed by atoms with E-state index in [9.17, 15) is 0 Å². The molecule has 0 heterocycles. The Morgan fingerprint density at radius 2 is 1.20 bits per heavy atom. The molecular formula is C19H28O. The van der Waals surface area contributed by atoms with Crippen LogP contribution in [0, 0.1) is 20.8 Å². The fourth-order valence-corrected chi connectivity index (χ4v) is 1.36. The highest BCUT2D eigenvalue weighted by Crippen LogP contribution is 2.02. The van der Waals surface area contributed by atoms with Crippen LogP contribution in [0.2, 0.25) is 0 Å². The maximum atomic E-state index is 8.07. The molecule has 110 valence electrons. The third kappa shape index (κ3) is 10.3. The minimum absolute atomic E-state index is 0.344. The predicted octanol–water partition coefficient (Wildman–Crippen LogP) is 5.08. The highest BCUT2D eigenvalue weighted by Gasteiger charge is 1.83. The van der Waals surface area contributed by atoms with Crippen molar-refractivity contribution in [2.75, 3.05) is 6.61 Å². The third-order valence-electron chi connectivity index (χ3n) is 2.88. The maximum absolute atomic E-state index is 8.07. The van der Waals surface area contributed by atoms with Crippen LogP contribution in [0.4, 0.5) is 0 Å². The second kappa shape index (κ2) is 12.4.